The lowest BCUT2D eigenvalue weighted by Crippen LogP contribution is -2.58. The quantitative estimate of drug-likeness (QED) is 0.720. The van der Waals surface area contributed by atoms with Crippen molar-refractivity contribution in [2.75, 3.05) is 13.1 Å². The molecule has 1 rings (SSSR count). The van der Waals surface area contributed by atoms with Crippen LogP contribution in [0.2, 0.25) is 0 Å². The van der Waals surface area contributed by atoms with Gasteiger partial charge in [0.1, 0.15) is 0 Å². The van der Waals surface area contributed by atoms with E-state index in [2.05, 4.69) is 37.9 Å². The van der Waals surface area contributed by atoms with Gasteiger partial charge in [-0.25, -0.2) is 0 Å². The van der Waals surface area contributed by atoms with Crippen molar-refractivity contribution >= 4 is 0 Å². The first-order valence-electron chi connectivity index (χ1n) is 5.68. The second-order valence-electron chi connectivity index (χ2n) is 4.27. The number of hydrogen-bond donors (Lipinski definition) is 1. The van der Waals surface area contributed by atoms with E-state index >= 15 is 0 Å². The van der Waals surface area contributed by atoms with Crippen LogP contribution < -0.4 is 5.32 Å². The van der Waals surface area contributed by atoms with Crippen molar-refractivity contribution in [1.82, 2.24) is 10.2 Å². The number of nitrogens with zero attached hydrogens (tertiary/aromatic N) is 1. The van der Waals surface area contributed by atoms with E-state index < -0.39 is 0 Å². The molecule has 13 heavy (non-hydrogen) atoms. The van der Waals surface area contributed by atoms with Gasteiger partial charge in [0, 0.05) is 31.2 Å². The third kappa shape index (κ3) is 2.44. The van der Waals surface area contributed by atoms with E-state index in [0.717, 1.165) is 19.1 Å². The molecule has 0 aromatic rings. The van der Waals surface area contributed by atoms with E-state index in [-0.39, 0.29) is 0 Å². The van der Waals surface area contributed by atoms with Crippen LogP contribution in [-0.2, 0) is 0 Å². The lowest BCUT2D eigenvalue weighted by atomic mass is 10.0. The summed E-state index contributed by atoms with van der Waals surface area (Å²) >= 11 is 0. The van der Waals surface area contributed by atoms with Gasteiger partial charge in [-0.1, -0.05) is 13.8 Å². The molecular formula is C11H24N2. The molecule has 0 radical (unpaired) electrons. The second kappa shape index (κ2) is 4.97. The minimum atomic E-state index is 0.702. The minimum Gasteiger partial charge on any atom is -0.314 e. The Labute approximate surface area is 82.7 Å². The Hall–Kier alpha value is -0.0800. The highest BCUT2D eigenvalue weighted by atomic mass is 15.3. The Kier molecular flexibility index (Phi) is 4.20. The fourth-order valence-electron chi connectivity index (χ4n) is 2.58. The van der Waals surface area contributed by atoms with Gasteiger partial charge in [0.15, 0.2) is 0 Å². The van der Waals surface area contributed by atoms with Crippen LogP contribution >= 0.6 is 0 Å². The molecule has 1 heterocycles. The first-order chi connectivity index (χ1) is 6.20. The summed E-state index contributed by atoms with van der Waals surface area (Å²) in [6.45, 7) is 11.6. The zero-order chi connectivity index (χ0) is 9.84. The van der Waals surface area contributed by atoms with Gasteiger partial charge in [0.25, 0.3) is 0 Å². The van der Waals surface area contributed by atoms with E-state index in [4.69, 9.17) is 0 Å². The fourth-order valence-corrected chi connectivity index (χ4v) is 2.58. The molecule has 1 saturated heterocycles. The van der Waals surface area contributed by atoms with Crippen molar-refractivity contribution in [3.63, 3.8) is 0 Å². The van der Waals surface area contributed by atoms with E-state index in [9.17, 15) is 0 Å². The van der Waals surface area contributed by atoms with Crippen LogP contribution in [0.25, 0.3) is 0 Å². The highest BCUT2D eigenvalue weighted by Crippen LogP contribution is 2.18. The molecule has 1 N–H and O–H groups in total. The summed E-state index contributed by atoms with van der Waals surface area (Å²) in [4.78, 5) is 2.69. The molecule has 1 aliphatic rings. The Morgan fingerprint density at radius 3 is 2.00 bits per heavy atom. The molecule has 2 atom stereocenters. The molecule has 78 valence electrons. The maximum atomic E-state index is 3.48. The summed E-state index contributed by atoms with van der Waals surface area (Å²) in [5.74, 6) is 0. The zero-order valence-corrected chi connectivity index (χ0v) is 9.51. The molecule has 2 heteroatoms. The molecule has 0 bridgehead atoms. The Bertz CT molecular complexity index is 133. The van der Waals surface area contributed by atoms with Crippen LogP contribution in [0.1, 0.15) is 40.5 Å². The van der Waals surface area contributed by atoms with Gasteiger partial charge in [-0.05, 0) is 26.7 Å². The molecule has 0 spiro atoms. The molecular weight excluding hydrogens is 160 g/mol. The van der Waals surface area contributed by atoms with Crippen LogP contribution in [-0.4, -0.2) is 36.1 Å². The second-order valence-corrected chi connectivity index (χ2v) is 4.27. The first kappa shape index (κ1) is 11.0. The van der Waals surface area contributed by atoms with Crippen molar-refractivity contribution in [2.24, 2.45) is 0 Å². The molecule has 0 aromatic heterocycles. The van der Waals surface area contributed by atoms with Gasteiger partial charge >= 0.3 is 0 Å². The predicted octanol–water partition coefficient (Wildman–Crippen LogP) is 1.86. The van der Waals surface area contributed by atoms with Crippen LogP contribution in [0.3, 0.4) is 0 Å². The van der Waals surface area contributed by atoms with Crippen LogP contribution in [0, 0.1) is 0 Å². The smallest absolute Gasteiger partial charge is 0.0198 e. The van der Waals surface area contributed by atoms with Crippen LogP contribution in [0.15, 0.2) is 0 Å². The minimum absolute atomic E-state index is 0.702. The Morgan fingerprint density at radius 1 is 1.15 bits per heavy atom. The molecule has 1 fully saturated rings. The number of piperazine rings is 1. The lowest BCUT2D eigenvalue weighted by molar-refractivity contribution is 0.0622. The van der Waals surface area contributed by atoms with Crippen molar-refractivity contribution < 1.29 is 0 Å². The summed E-state index contributed by atoms with van der Waals surface area (Å²) in [6, 6.07) is 2.19. The molecule has 1 aliphatic heterocycles. The van der Waals surface area contributed by atoms with Gasteiger partial charge < -0.3 is 5.32 Å². The average Bonchev–Trinajstić information content (AvgIpc) is 2.11. The SMILES string of the molecule is CCC(CC)N1C(C)CNCC1C. The normalized spacial score (nSPS) is 31.2. The van der Waals surface area contributed by atoms with Crippen molar-refractivity contribution in [1.29, 1.82) is 0 Å². The topological polar surface area (TPSA) is 15.3 Å². The van der Waals surface area contributed by atoms with Gasteiger partial charge in [0.05, 0.1) is 0 Å². The predicted molar refractivity (Wildman–Crippen MR) is 58.0 cm³/mol. The fraction of sp³-hybridized carbons (Fsp3) is 1.00. The molecule has 0 aromatic carbocycles. The standard InChI is InChI=1S/C11H24N2/c1-5-11(6-2)13-9(3)7-12-8-10(13)4/h9-12H,5-8H2,1-4H3. The van der Waals surface area contributed by atoms with Crippen LogP contribution in [0.5, 0.6) is 0 Å². The summed E-state index contributed by atoms with van der Waals surface area (Å²) in [5.41, 5.74) is 0. The van der Waals surface area contributed by atoms with E-state index in [1.54, 1.807) is 0 Å². The Morgan fingerprint density at radius 2 is 1.62 bits per heavy atom. The largest absolute Gasteiger partial charge is 0.314 e. The van der Waals surface area contributed by atoms with Crippen LogP contribution in [0.4, 0.5) is 0 Å². The number of rotatable bonds is 3. The maximum absolute atomic E-state index is 3.48. The Balaban J connectivity index is 2.60. The summed E-state index contributed by atoms with van der Waals surface area (Å²) < 4.78 is 0. The van der Waals surface area contributed by atoms with Gasteiger partial charge in [-0.15, -0.1) is 0 Å². The first-order valence-corrected chi connectivity index (χ1v) is 5.68. The van der Waals surface area contributed by atoms with Crippen molar-refractivity contribution in [3.8, 4) is 0 Å². The molecule has 0 saturated carbocycles. The molecule has 2 nitrogen and oxygen atoms in total. The maximum Gasteiger partial charge on any atom is 0.0198 e. The van der Waals surface area contributed by atoms with E-state index in [0.29, 0.717) is 12.1 Å². The van der Waals surface area contributed by atoms with Crippen molar-refractivity contribution in [3.05, 3.63) is 0 Å². The number of nitrogens with one attached hydrogen (secondary N) is 1. The third-order valence-electron chi connectivity index (χ3n) is 3.26. The van der Waals surface area contributed by atoms with Gasteiger partial charge in [-0.3, -0.25) is 4.90 Å². The molecule has 0 amide bonds. The van der Waals surface area contributed by atoms with Gasteiger partial charge in [0.2, 0.25) is 0 Å². The average molecular weight is 184 g/mol. The zero-order valence-electron chi connectivity index (χ0n) is 9.51. The summed E-state index contributed by atoms with van der Waals surface area (Å²) in [5, 5.41) is 3.48. The van der Waals surface area contributed by atoms with E-state index in [1.165, 1.54) is 12.8 Å². The lowest BCUT2D eigenvalue weighted by Gasteiger charge is -2.44. The van der Waals surface area contributed by atoms with E-state index in [1.807, 2.05) is 0 Å². The summed E-state index contributed by atoms with van der Waals surface area (Å²) in [6.07, 6.45) is 2.57. The monoisotopic (exact) mass is 184 g/mol. The number of hydrogen-bond acceptors (Lipinski definition) is 2. The summed E-state index contributed by atoms with van der Waals surface area (Å²) in [7, 11) is 0. The molecule has 2 unspecified atom stereocenters. The molecule has 0 aliphatic carbocycles. The highest BCUT2D eigenvalue weighted by Gasteiger charge is 2.28. The third-order valence-corrected chi connectivity index (χ3v) is 3.26. The van der Waals surface area contributed by atoms with Crippen molar-refractivity contribution in [2.45, 2.75) is 58.7 Å². The van der Waals surface area contributed by atoms with Gasteiger partial charge in [-0.2, -0.15) is 0 Å². The highest BCUT2D eigenvalue weighted by molar-refractivity contribution is 4.86.